The van der Waals surface area contributed by atoms with E-state index in [0.29, 0.717) is 17.1 Å². The molecule has 34 heavy (non-hydrogen) atoms. The average Bonchev–Trinajstić information content (AvgIpc) is 3.50. The highest BCUT2D eigenvalue weighted by Gasteiger charge is 2.41. The van der Waals surface area contributed by atoms with Gasteiger partial charge in [0, 0.05) is 23.8 Å². The Morgan fingerprint density at radius 1 is 1.09 bits per heavy atom. The molecule has 3 aromatic rings. The van der Waals surface area contributed by atoms with Crippen molar-refractivity contribution in [2.24, 2.45) is 0 Å². The van der Waals surface area contributed by atoms with Crippen molar-refractivity contribution in [3.63, 3.8) is 0 Å². The third-order valence-corrected chi connectivity index (χ3v) is 7.36. The maximum atomic E-state index is 13.1. The number of imide groups is 1. The lowest BCUT2D eigenvalue weighted by molar-refractivity contribution is -0.119. The minimum Gasteiger partial charge on any atom is -0.348 e. The summed E-state index contributed by atoms with van der Waals surface area (Å²) in [5, 5.41) is 6.18. The fraction of sp³-hybridized carbons (Fsp3) is 0.240. The molecule has 0 spiro atoms. The summed E-state index contributed by atoms with van der Waals surface area (Å²) in [6, 6.07) is 9.16. The zero-order valence-corrected chi connectivity index (χ0v) is 19.3. The van der Waals surface area contributed by atoms with Crippen molar-refractivity contribution in [1.82, 2.24) is 15.2 Å². The Morgan fingerprint density at radius 3 is 2.50 bits per heavy atom. The molecular weight excluding hydrogens is 452 g/mol. The summed E-state index contributed by atoms with van der Waals surface area (Å²) < 4.78 is 0. The van der Waals surface area contributed by atoms with Crippen LogP contribution in [0.15, 0.2) is 48.8 Å². The number of rotatable bonds is 6. The molecule has 1 atom stereocenters. The molecule has 9 heteroatoms. The molecule has 1 aliphatic heterocycles. The predicted octanol–water partition coefficient (Wildman–Crippen LogP) is 3.19. The Labute approximate surface area is 200 Å². The molecule has 1 aliphatic carbocycles. The molecule has 0 fully saturated rings. The molecule has 8 nitrogen and oxygen atoms in total. The third kappa shape index (κ3) is 3.77. The molecule has 2 aromatic heterocycles. The van der Waals surface area contributed by atoms with Crippen molar-refractivity contribution in [2.45, 2.75) is 38.8 Å². The Hall–Kier alpha value is -3.85. The Kier molecular flexibility index (Phi) is 5.70. The topological polar surface area (TPSA) is 108 Å². The van der Waals surface area contributed by atoms with E-state index < -0.39 is 23.8 Å². The molecule has 0 radical (unpaired) electrons. The van der Waals surface area contributed by atoms with Crippen LogP contribution < -0.4 is 10.6 Å². The number of benzene rings is 1. The van der Waals surface area contributed by atoms with E-state index in [-0.39, 0.29) is 17.0 Å². The van der Waals surface area contributed by atoms with Crippen molar-refractivity contribution < 1.29 is 19.2 Å². The van der Waals surface area contributed by atoms with Crippen LogP contribution >= 0.6 is 11.3 Å². The summed E-state index contributed by atoms with van der Waals surface area (Å²) in [7, 11) is 0. The Bertz CT molecular complexity index is 1280. The number of fused-ring (bicyclic) bond motifs is 2. The molecule has 0 saturated heterocycles. The second kappa shape index (κ2) is 8.83. The summed E-state index contributed by atoms with van der Waals surface area (Å²) in [5.41, 5.74) is 2.87. The second-order valence-corrected chi connectivity index (χ2v) is 9.40. The van der Waals surface area contributed by atoms with E-state index in [1.807, 2.05) is 6.07 Å². The van der Waals surface area contributed by atoms with Crippen LogP contribution in [0, 0.1) is 0 Å². The van der Waals surface area contributed by atoms with Gasteiger partial charge < -0.3 is 10.6 Å². The van der Waals surface area contributed by atoms with Crippen LogP contribution in [0.2, 0.25) is 0 Å². The van der Waals surface area contributed by atoms with Gasteiger partial charge in [0.15, 0.2) is 0 Å². The SMILES string of the molecule is C[C@@H](C(=O)Nc1sc2c(c1C(=O)NCc1cccnc1)CCC2)N1C(=O)c2ccccc2C1=O. The smallest absolute Gasteiger partial charge is 0.262 e. The van der Waals surface area contributed by atoms with Gasteiger partial charge in [0.05, 0.1) is 16.7 Å². The number of nitrogens with zero attached hydrogens (tertiary/aromatic N) is 2. The van der Waals surface area contributed by atoms with E-state index in [4.69, 9.17) is 0 Å². The van der Waals surface area contributed by atoms with Gasteiger partial charge in [-0.2, -0.15) is 0 Å². The molecule has 5 rings (SSSR count). The summed E-state index contributed by atoms with van der Waals surface area (Å²) in [4.78, 5) is 57.9. The number of aryl methyl sites for hydroxylation is 1. The van der Waals surface area contributed by atoms with E-state index in [1.54, 1.807) is 42.7 Å². The number of pyridine rings is 1. The zero-order valence-electron chi connectivity index (χ0n) is 18.5. The maximum Gasteiger partial charge on any atom is 0.262 e. The summed E-state index contributed by atoms with van der Waals surface area (Å²) in [6.07, 6.45) is 5.94. The van der Waals surface area contributed by atoms with Crippen LogP contribution in [0.4, 0.5) is 5.00 Å². The van der Waals surface area contributed by atoms with E-state index in [1.165, 1.54) is 18.3 Å². The number of carbonyl (C=O) groups is 4. The molecule has 0 unspecified atom stereocenters. The first-order valence-electron chi connectivity index (χ1n) is 11.0. The van der Waals surface area contributed by atoms with Crippen molar-refractivity contribution in [2.75, 3.05) is 5.32 Å². The zero-order chi connectivity index (χ0) is 23.8. The van der Waals surface area contributed by atoms with E-state index in [2.05, 4.69) is 15.6 Å². The second-order valence-electron chi connectivity index (χ2n) is 8.30. The molecule has 2 N–H and O–H groups in total. The molecule has 172 valence electrons. The molecule has 3 heterocycles. The normalized spacial score (nSPS) is 15.1. The van der Waals surface area contributed by atoms with Gasteiger partial charge in [-0.1, -0.05) is 18.2 Å². The van der Waals surface area contributed by atoms with Gasteiger partial charge in [-0.05, 0) is 55.5 Å². The lowest BCUT2D eigenvalue weighted by Gasteiger charge is -2.21. The van der Waals surface area contributed by atoms with Crippen molar-refractivity contribution in [3.8, 4) is 0 Å². The first-order chi connectivity index (χ1) is 16.5. The molecule has 0 bridgehead atoms. The van der Waals surface area contributed by atoms with Gasteiger partial charge in [-0.3, -0.25) is 29.1 Å². The lowest BCUT2D eigenvalue weighted by atomic mass is 10.1. The molecule has 2 aliphatic rings. The van der Waals surface area contributed by atoms with Gasteiger partial charge >= 0.3 is 0 Å². The maximum absolute atomic E-state index is 13.1. The molecule has 1 aromatic carbocycles. The quantitative estimate of drug-likeness (QED) is 0.534. The van der Waals surface area contributed by atoms with Crippen molar-refractivity contribution in [1.29, 1.82) is 0 Å². The monoisotopic (exact) mass is 474 g/mol. The fourth-order valence-corrected chi connectivity index (χ4v) is 5.69. The number of thiophene rings is 1. The van der Waals surface area contributed by atoms with Gasteiger partial charge in [0.1, 0.15) is 11.0 Å². The van der Waals surface area contributed by atoms with Crippen LogP contribution in [-0.2, 0) is 24.2 Å². The highest BCUT2D eigenvalue weighted by atomic mass is 32.1. The van der Waals surface area contributed by atoms with Crippen molar-refractivity contribution >= 4 is 40.0 Å². The highest BCUT2D eigenvalue weighted by Crippen LogP contribution is 2.39. The predicted molar refractivity (Wildman–Crippen MR) is 127 cm³/mol. The molecule has 4 amide bonds. The summed E-state index contributed by atoms with van der Waals surface area (Å²) >= 11 is 1.38. The van der Waals surface area contributed by atoms with E-state index in [9.17, 15) is 19.2 Å². The van der Waals surface area contributed by atoms with E-state index in [0.717, 1.165) is 40.2 Å². The number of hydrogen-bond acceptors (Lipinski definition) is 6. The van der Waals surface area contributed by atoms with Crippen LogP contribution in [0.5, 0.6) is 0 Å². The number of carbonyl (C=O) groups excluding carboxylic acids is 4. The van der Waals surface area contributed by atoms with Crippen LogP contribution in [0.1, 0.15) is 60.4 Å². The van der Waals surface area contributed by atoms with Crippen LogP contribution in [0.3, 0.4) is 0 Å². The fourth-order valence-electron chi connectivity index (χ4n) is 4.40. The number of anilines is 1. The Balaban J connectivity index is 1.35. The lowest BCUT2D eigenvalue weighted by Crippen LogP contribution is -2.45. The Morgan fingerprint density at radius 2 is 1.82 bits per heavy atom. The van der Waals surface area contributed by atoms with Crippen LogP contribution in [-0.4, -0.2) is 39.6 Å². The van der Waals surface area contributed by atoms with Gasteiger partial charge in [-0.25, -0.2) is 0 Å². The number of amides is 4. The van der Waals surface area contributed by atoms with E-state index >= 15 is 0 Å². The minimum atomic E-state index is -1.03. The highest BCUT2D eigenvalue weighted by molar-refractivity contribution is 7.17. The first-order valence-corrected chi connectivity index (χ1v) is 11.9. The summed E-state index contributed by atoms with van der Waals surface area (Å²) in [5.74, 6) is -1.78. The van der Waals surface area contributed by atoms with Gasteiger partial charge in [0.25, 0.3) is 17.7 Å². The first kappa shape index (κ1) is 22.0. The average molecular weight is 475 g/mol. The van der Waals surface area contributed by atoms with Crippen LogP contribution in [0.25, 0.3) is 0 Å². The summed E-state index contributed by atoms with van der Waals surface area (Å²) in [6.45, 7) is 1.83. The largest absolute Gasteiger partial charge is 0.348 e. The number of nitrogens with one attached hydrogen (secondary N) is 2. The van der Waals surface area contributed by atoms with Gasteiger partial charge in [-0.15, -0.1) is 11.3 Å². The third-order valence-electron chi connectivity index (χ3n) is 6.15. The molecule has 0 saturated carbocycles. The number of hydrogen-bond donors (Lipinski definition) is 2. The number of aromatic nitrogens is 1. The van der Waals surface area contributed by atoms with Gasteiger partial charge in [0.2, 0.25) is 5.91 Å². The van der Waals surface area contributed by atoms with Crippen molar-refractivity contribution in [3.05, 3.63) is 81.5 Å². The molecular formula is C25H22N4O4S. The minimum absolute atomic E-state index is 0.271. The standard InChI is InChI=1S/C25H22N4O4S/c1-14(29-24(32)16-7-2-3-8-17(16)25(29)33)21(30)28-23-20(18-9-4-10-19(18)34-23)22(31)27-13-15-6-5-11-26-12-15/h2-3,5-8,11-12,14H,4,9-10,13H2,1H3,(H,27,31)(H,28,30)/t14-/m0/s1.